The van der Waals surface area contributed by atoms with Crippen LogP contribution < -0.4 is 5.32 Å². The van der Waals surface area contributed by atoms with Crippen molar-refractivity contribution < 1.29 is 0 Å². The number of nitriles is 1. The SMILES string of the molecule is CC(C#N)NC1CC1c1ccccc1. The lowest BCUT2D eigenvalue weighted by Gasteiger charge is -2.04. The van der Waals surface area contributed by atoms with Crippen molar-refractivity contribution >= 4 is 0 Å². The van der Waals surface area contributed by atoms with Gasteiger partial charge in [0.05, 0.1) is 12.1 Å². The first-order chi connectivity index (χ1) is 6.81. The molecule has 0 saturated heterocycles. The molecule has 0 spiro atoms. The van der Waals surface area contributed by atoms with Crippen LogP contribution in [0, 0.1) is 11.3 Å². The van der Waals surface area contributed by atoms with Gasteiger partial charge in [-0.2, -0.15) is 5.26 Å². The van der Waals surface area contributed by atoms with Crippen LogP contribution in [0.3, 0.4) is 0 Å². The molecule has 1 aliphatic rings. The van der Waals surface area contributed by atoms with Crippen molar-refractivity contribution in [1.82, 2.24) is 5.32 Å². The molecule has 3 unspecified atom stereocenters. The van der Waals surface area contributed by atoms with Gasteiger partial charge in [-0.1, -0.05) is 30.3 Å². The summed E-state index contributed by atoms with van der Waals surface area (Å²) in [5, 5.41) is 11.9. The van der Waals surface area contributed by atoms with Gasteiger partial charge in [-0.3, -0.25) is 5.32 Å². The molecule has 0 radical (unpaired) electrons. The average Bonchev–Trinajstić information content (AvgIpc) is 2.98. The Hall–Kier alpha value is -1.33. The van der Waals surface area contributed by atoms with E-state index in [0.29, 0.717) is 12.0 Å². The fourth-order valence-electron chi connectivity index (χ4n) is 1.81. The van der Waals surface area contributed by atoms with E-state index >= 15 is 0 Å². The number of hydrogen-bond acceptors (Lipinski definition) is 2. The smallest absolute Gasteiger partial charge is 0.0926 e. The van der Waals surface area contributed by atoms with E-state index < -0.39 is 0 Å². The number of rotatable bonds is 3. The predicted molar refractivity (Wildman–Crippen MR) is 55.8 cm³/mol. The van der Waals surface area contributed by atoms with Crippen LogP contribution in [0.5, 0.6) is 0 Å². The molecule has 1 aromatic carbocycles. The van der Waals surface area contributed by atoms with Gasteiger partial charge in [0.25, 0.3) is 0 Å². The second kappa shape index (κ2) is 3.81. The maximum absolute atomic E-state index is 8.66. The van der Waals surface area contributed by atoms with Crippen LogP contribution in [0.1, 0.15) is 24.8 Å². The van der Waals surface area contributed by atoms with Crippen molar-refractivity contribution in [3.8, 4) is 6.07 Å². The monoisotopic (exact) mass is 186 g/mol. The summed E-state index contributed by atoms with van der Waals surface area (Å²) < 4.78 is 0. The Morgan fingerprint density at radius 3 is 2.79 bits per heavy atom. The van der Waals surface area contributed by atoms with Crippen molar-refractivity contribution in [3.05, 3.63) is 35.9 Å². The normalized spacial score (nSPS) is 26.6. The van der Waals surface area contributed by atoms with Gasteiger partial charge in [-0.05, 0) is 18.9 Å². The largest absolute Gasteiger partial charge is 0.299 e. The second-order valence-electron chi connectivity index (χ2n) is 3.88. The molecule has 2 nitrogen and oxygen atoms in total. The summed E-state index contributed by atoms with van der Waals surface area (Å²) in [4.78, 5) is 0. The van der Waals surface area contributed by atoms with E-state index in [0.717, 1.165) is 6.42 Å². The summed E-state index contributed by atoms with van der Waals surface area (Å²) in [5.41, 5.74) is 1.38. The predicted octanol–water partition coefficient (Wildman–Crippen LogP) is 2.04. The lowest BCUT2D eigenvalue weighted by Crippen LogP contribution is -2.27. The van der Waals surface area contributed by atoms with Crippen LogP contribution >= 0.6 is 0 Å². The Bertz CT molecular complexity index is 339. The van der Waals surface area contributed by atoms with Gasteiger partial charge >= 0.3 is 0 Å². The molecule has 72 valence electrons. The van der Waals surface area contributed by atoms with Gasteiger partial charge in [0.15, 0.2) is 0 Å². The Kier molecular flexibility index (Phi) is 2.51. The second-order valence-corrected chi connectivity index (χ2v) is 3.88. The first kappa shape index (κ1) is 9.23. The fourth-order valence-corrected chi connectivity index (χ4v) is 1.81. The zero-order valence-corrected chi connectivity index (χ0v) is 8.27. The zero-order chi connectivity index (χ0) is 9.97. The van der Waals surface area contributed by atoms with Crippen molar-refractivity contribution in [2.24, 2.45) is 0 Å². The van der Waals surface area contributed by atoms with E-state index in [1.54, 1.807) is 0 Å². The molecule has 2 heteroatoms. The first-order valence-corrected chi connectivity index (χ1v) is 5.02. The van der Waals surface area contributed by atoms with E-state index in [9.17, 15) is 0 Å². The molecule has 1 aromatic rings. The van der Waals surface area contributed by atoms with Gasteiger partial charge in [0, 0.05) is 12.0 Å². The maximum atomic E-state index is 8.66. The van der Waals surface area contributed by atoms with E-state index in [1.807, 2.05) is 13.0 Å². The van der Waals surface area contributed by atoms with Crippen LogP contribution in [-0.4, -0.2) is 12.1 Å². The van der Waals surface area contributed by atoms with E-state index in [4.69, 9.17) is 5.26 Å². The fraction of sp³-hybridized carbons (Fsp3) is 0.417. The molecule has 1 fully saturated rings. The van der Waals surface area contributed by atoms with Crippen molar-refractivity contribution in [1.29, 1.82) is 5.26 Å². The van der Waals surface area contributed by atoms with E-state index in [2.05, 4.69) is 35.7 Å². The average molecular weight is 186 g/mol. The Morgan fingerprint density at radius 2 is 2.14 bits per heavy atom. The Morgan fingerprint density at radius 1 is 1.43 bits per heavy atom. The number of nitrogens with one attached hydrogen (secondary N) is 1. The molecule has 1 N–H and O–H groups in total. The van der Waals surface area contributed by atoms with Crippen molar-refractivity contribution in [2.75, 3.05) is 0 Å². The highest BCUT2D eigenvalue weighted by Crippen LogP contribution is 2.40. The minimum atomic E-state index is -0.0336. The summed E-state index contributed by atoms with van der Waals surface area (Å²) in [6.45, 7) is 1.90. The summed E-state index contributed by atoms with van der Waals surface area (Å²) in [6.07, 6.45) is 1.16. The first-order valence-electron chi connectivity index (χ1n) is 5.02. The quantitative estimate of drug-likeness (QED) is 0.784. The lowest BCUT2D eigenvalue weighted by molar-refractivity contribution is 0.626. The minimum Gasteiger partial charge on any atom is -0.299 e. The minimum absolute atomic E-state index is 0.0336. The topological polar surface area (TPSA) is 35.8 Å². The third-order valence-electron chi connectivity index (χ3n) is 2.68. The van der Waals surface area contributed by atoms with Crippen LogP contribution in [0.4, 0.5) is 0 Å². The highest BCUT2D eigenvalue weighted by molar-refractivity contribution is 5.27. The van der Waals surface area contributed by atoms with E-state index in [-0.39, 0.29) is 6.04 Å². The van der Waals surface area contributed by atoms with Gasteiger partial charge in [-0.25, -0.2) is 0 Å². The van der Waals surface area contributed by atoms with Gasteiger partial charge in [0.2, 0.25) is 0 Å². The maximum Gasteiger partial charge on any atom is 0.0926 e. The third kappa shape index (κ3) is 1.94. The molecule has 2 rings (SSSR count). The molecule has 14 heavy (non-hydrogen) atoms. The molecule has 0 heterocycles. The molecule has 0 aromatic heterocycles. The number of hydrogen-bond donors (Lipinski definition) is 1. The van der Waals surface area contributed by atoms with Crippen LogP contribution in [0.15, 0.2) is 30.3 Å². The molecule has 0 bridgehead atoms. The summed E-state index contributed by atoms with van der Waals surface area (Å²) in [5.74, 6) is 0.618. The highest BCUT2D eigenvalue weighted by atomic mass is 15.0. The number of nitrogens with zero attached hydrogens (tertiary/aromatic N) is 1. The summed E-state index contributed by atoms with van der Waals surface area (Å²) >= 11 is 0. The molecular formula is C12H14N2. The van der Waals surface area contributed by atoms with Crippen LogP contribution in [0.25, 0.3) is 0 Å². The third-order valence-corrected chi connectivity index (χ3v) is 2.68. The molecule has 1 aliphatic carbocycles. The Labute approximate surface area is 84.6 Å². The van der Waals surface area contributed by atoms with E-state index in [1.165, 1.54) is 5.56 Å². The standard InChI is InChI=1S/C12H14N2/c1-9(8-13)14-12-7-11(12)10-5-3-2-4-6-10/h2-6,9,11-12,14H,7H2,1H3. The van der Waals surface area contributed by atoms with Crippen LogP contribution in [-0.2, 0) is 0 Å². The van der Waals surface area contributed by atoms with Gasteiger partial charge in [-0.15, -0.1) is 0 Å². The van der Waals surface area contributed by atoms with Gasteiger partial charge in [0.1, 0.15) is 0 Å². The van der Waals surface area contributed by atoms with Crippen molar-refractivity contribution in [2.45, 2.75) is 31.3 Å². The molecule has 0 aliphatic heterocycles. The zero-order valence-electron chi connectivity index (χ0n) is 8.27. The highest BCUT2D eigenvalue weighted by Gasteiger charge is 2.38. The summed E-state index contributed by atoms with van der Waals surface area (Å²) in [7, 11) is 0. The van der Waals surface area contributed by atoms with Crippen LogP contribution in [0.2, 0.25) is 0 Å². The molecule has 1 saturated carbocycles. The van der Waals surface area contributed by atoms with Gasteiger partial charge < -0.3 is 0 Å². The lowest BCUT2D eigenvalue weighted by atomic mass is 10.1. The number of benzene rings is 1. The molecular weight excluding hydrogens is 172 g/mol. The Balaban J connectivity index is 1.91. The molecule has 0 amide bonds. The summed E-state index contributed by atoms with van der Waals surface area (Å²) in [6, 6.07) is 13.2. The van der Waals surface area contributed by atoms with Crippen molar-refractivity contribution in [3.63, 3.8) is 0 Å². The molecule has 3 atom stereocenters.